The first-order valence-corrected chi connectivity index (χ1v) is 8.54. The maximum Gasteiger partial charge on any atom is 0.224 e. The Morgan fingerprint density at radius 1 is 1.30 bits per heavy atom. The molecule has 3 N–H and O–H groups in total. The molecule has 1 unspecified atom stereocenters. The summed E-state index contributed by atoms with van der Waals surface area (Å²) in [5.41, 5.74) is 8.13. The summed E-state index contributed by atoms with van der Waals surface area (Å²) in [5, 5.41) is 3.07. The molecule has 0 saturated carbocycles. The molecule has 0 spiro atoms. The van der Waals surface area contributed by atoms with Gasteiger partial charge in [-0.1, -0.05) is 26.0 Å². The molecule has 1 aliphatic rings. The second-order valence-corrected chi connectivity index (χ2v) is 6.16. The van der Waals surface area contributed by atoms with Gasteiger partial charge < -0.3 is 16.0 Å². The molecule has 0 radical (unpaired) electrons. The molecule has 1 aliphatic heterocycles. The molecule has 0 bridgehead atoms. The van der Waals surface area contributed by atoms with Crippen LogP contribution in [0.4, 0.5) is 5.69 Å². The van der Waals surface area contributed by atoms with Gasteiger partial charge in [0, 0.05) is 25.2 Å². The fourth-order valence-corrected chi connectivity index (χ4v) is 2.71. The summed E-state index contributed by atoms with van der Waals surface area (Å²) in [6.45, 7) is 6.61. The third-order valence-electron chi connectivity index (χ3n) is 4.43. The predicted octanol–water partition coefficient (Wildman–Crippen LogP) is 2.94. The third-order valence-corrected chi connectivity index (χ3v) is 4.43. The van der Waals surface area contributed by atoms with Crippen LogP contribution in [0.5, 0.6) is 0 Å². The fraction of sp³-hybridized carbons (Fsp3) is 0.556. The maximum absolute atomic E-state index is 11.9. The Hall–Kier alpha value is -2.04. The van der Waals surface area contributed by atoms with E-state index in [-0.39, 0.29) is 5.91 Å². The van der Waals surface area contributed by atoms with Crippen LogP contribution < -0.4 is 11.1 Å². The van der Waals surface area contributed by atoms with Gasteiger partial charge in [0.25, 0.3) is 0 Å². The minimum Gasteiger partial charge on any atom is -0.370 e. The van der Waals surface area contributed by atoms with Crippen molar-refractivity contribution in [1.29, 1.82) is 0 Å². The van der Waals surface area contributed by atoms with Crippen molar-refractivity contribution in [3.05, 3.63) is 29.8 Å². The predicted molar refractivity (Wildman–Crippen MR) is 95.7 cm³/mol. The van der Waals surface area contributed by atoms with Gasteiger partial charge in [0.2, 0.25) is 5.91 Å². The van der Waals surface area contributed by atoms with Gasteiger partial charge in [-0.2, -0.15) is 0 Å². The molecule has 1 heterocycles. The monoisotopic (exact) mass is 316 g/mol. The van der Waals surface area contributed by atoms with E-state index in [1.807, 2.05) is 17.0 Å². The van der Waals surface area contributed by atoms with Crippen LogP contribution >= 0.6 is 0 Å². The maximum atomic E-state index is 11.9. The third kappa shape index (κ3) is 5.27. The van der Waals surface area contributed by atoms with Crippen molar-refractivity contribution in [3.8, 4) is 0 Å². The van der Waals surface area contributed by atoms with Gasteiger partial charge in [-0.05, 0) is 42.9 Å². The fourth-order valence-electron chi connectivity index (χ4n) is 2.71. The average Bonchev–Trinajstić information content (AvgIpc) is 3.09. The van der Waals surface area contributed by atoms with Gasteiger partial charge >= 0.3 is 0 Å². The molecular weight excluding hydrogens is 288 g/mol. The lowest BCUT2D eigenvalue weighted by Crippen LogP contribution is -2.28. The molecule has 1 amide bonds. The number of carbonyl (C=O) groups excluding carboxylic acids is 1. The summed E-state index contributed by atoms with van der Waals surface area (Å²) in [6.07, 6.45) is 3.79. The van der Waals surface area contributed by atoms with Gasteiger partial charge in [0.15, 0.2) is 5.96 Å². The van der Waals surface area contributed by atoms with Crippen molar-refractivity contribution in [2.75, 3.05) is 25.0 Å². The summed E-state index contributed by atoms with van der Waals surface area (Å²) >= 11 is 0. The number of carbonyl (C=O) groups is 1. The van der Waals surface area contributed by atoms with E-state index in [1.54, 1.807) is 0 Å². The summed E-state index contributed by atoms with van der Waals surface area (Å²) < 4.78 is 0. The van der Waals surface area contributed by atoms with E-state index in [2.05, 4.69) is 36.3 Å². The average molecular weight is 316 g/mol. The number of benzene rings is 1. The Kier molecular flexibility index (Phi) is 6.44. The zero-order valence-corrected chi connectivity index (χ0v) is 14.2. The number of nitrogens with zero attached hydrogens (tertiary/aromatic N) is 2. The van der Waals surface area contributed by atoms with E-state index in [0.717, 1.165) is 38.0 Å². The number of hydrogen-bond donors (Lipinski definition) is 2. The highest BCUT2D eigenvalue weighted by molar-refractivity contribution is 5.92. The number of guanidine groups is 1. The van der Waals surface area contributed by atoms with Crippen LogP contribution in [0.25, 0.3) is 0 Å². The van der Waals surface area contributed by atoms with Crippen LogP contribution in [0.1, 0.15) is 51.0 Å². The zero-order valence-electron chi connectivity index (χ0n) is 14.2. The summed E-state index contributed by atoms with van der Waals surface area (Å²) in [5.74, 6) is 1.10. The van der Waals surface area contributed by atoms with Gasteiger partial charge in [-0.25, -0.2) is 0 Å². The number of anilines is 1. The summed E-state index contributed by atoms with van der Waals surface area (Å²) in [7, 11) is 0. The Morgan fingerprint density at radius 3 is 2.57 bits per heavy atom. The van der Waals surface area contributed by atoms with Crippen LogP contribution in [-0.4, -0.2) is 36.4 Å². The number of likely N-dealkylation sites (tertiary alicyclic amines) is 1. The highest BCUT2D eigenvalue weighted by Gasteiger charge is 2.16. The highest BCUT2D eigenvalue weighted by Crippen LogP contribution is 2.20. The number of nitrogens with two attached hydrogens (primary N) is 1. The van der Waals surface area contributed by atoms with E-state index in [1.165, 1.54) is 5.56 Å². The Bertz CT molecular complexity index is 532. The Labute approximate surface area is 139 Å². The molecule has 1 aromatic rings. The molecule has 126 valence electrons. The highest BCUT2D eigenvalue weighted by atomic mass is 16.2. The lowest BCUT2D eigenvalue weighted by atomic mass is 9.99. The van der Waals surface area contributed by atoms with Crippen molar-refractivity contribution in [1.82, 2.24) is 4.90 Å². The first kappa shape index (κ1) is 17.3. The zero-order chi connectivity index (χ0) is 16.7. The molecule has 0 aliphatic carbocycles. The SMILES string of the molecule is CCC(C)c1ccc(NC(N)=NCCC(=O)N2CCCC2)cc1. The van der Waals surface area contributed by atoms with Gasteiger partial charge in [0.05, 0.1) is 6.54 Å². The van der Waals surface area contributed by atoms with Crippen molar-refractivity contribution in [2.45, 2.75) is 45.4 Å². The van der Waals surface area contributed by atoms with Crippen LogP contribution in [0.3, 0.4) is 0 Å². The molecular formula is C18H28N4O. The van der Waals surface area contributed by atoms with Crippen molar-refractivity contribution < 1.29 is 4.79 Å². The Balaban J connectivity index is 1.78. The van der Waals surface area contributed by atoms with Gasteiger partial charge in [-0.3, -0.25) is 9.79 Å². The molecule has 1 atom stereocenters. The second kappa shape index (κ2) is 8.56. The van der Waals surface area contributed by atoms with E-state index in [0.29, 0.717) is 24.8 Å². The Morgan fingerprint density at radius 2 is 1.96 bits per heavy atom. The largest absolute Gasteiger partial charge is 0.370 e. The number of amides is 1. The molecule has 5 nitrogen and oxygen atoms in total. The molecule has 1 saturated heterocycles. The first-order valence-electron chi connectivity index (χ1n) is 8.54. The van der Waals surface area contributed by atoms with Crippen molar-refractivity contribution >= 4 is 17.6 Å². The van der Waals surface area contributed by atoms with E-state index in [9.17, 15) is 4.79 Å². The van der Waals surface area contributed by atoms with Crippen LogP contribution in [-0.2, 0) is 4.79 Å². The lowest BCUT2D eigenvalue weighted by molar-refractivity contribution is -0.129. The first-order chi connectivity index (χ1) is 11.1. The normalized spacial score (nSPS) is 16.4. The quantitative estimate of drug-likeness (QED) is 0.626. The van der Waals surface area contributed by atoms with E-state index >= 15 is 0 Å². The molecule has 23 heavy (non-hydrogen) atoms. The lowest BCUT2D eigenvalue weighted by Gasteiger charge is -2.14. The molecule has 1 aromatic carbocycles. The van der Waals surface area contributed by atoms with Crippen LogP contribution in [0.2, 0.25) is 0 Å². The number of hydrogen-bond acceptors (Lipinski definition) is 2. The number of nitrogens with one attached hydrogen (secondary N) is 1. The molecule has 2 rings (SSSR count). The molecule has 5 heteroatoms. The molecule has 1 fully saturated rings. The summed E-state index contributed by atoms with van der Waals surface area (Å²) in [4.78, 5) is 18.1. The van der Waals surface area contributed by atoms with E-state index in [4.69, 9.17) is 5.73 Å². The van der Waals surface area contributed by atoms with Gasteiger partial charge in [-0.15, -0.1) is 0 Å². The second-order valence-electron chi connectivity index (χ2n) is 6.16. The van der Waals surface area contributed by atoms with Crippen LogP contribution in [0, 0.1) is 0 Å². The van der Waals surface area contributed by atoms with Crippen LogP contribution in [0.15, 0.2) is 29.3 Å². The van der Waals surface area contributed by atoms with Gasteiger partial charge in [0.1, 0.15) is 0 Å². The number of aliphatic imine (C=N–C) groups is 1. The topological polar surface area (TPSA) is 70.7 Å². The minimum absolute atomic E-state index is 0.178. The standard InChI is InChI=1S/C18H28N4O/c1-3-14(2)15-6-8-16(9-7-15)21-18(19)20-11-10-17(23)22-12-4-5-13-22/h6-9,14H,3-5,10-13H2,1-2H3,(H3,19,20,21). The van der Waals surface area contributed by atoms with E-state index < -0.39 is 0 Å². The van der Waals surface area contributed by atoms with Crippen molar-refractivity contribution in [2.24, 2.45) is 10.7 Å². The number of rotatable bonds is 6. The van der Waals surface area contributed by atoms with Crippen molar-refractivity contribution in [3.63, 3.8) is 0 Å². The summed E-state index contributed by atoms with van der Waals surface area (Å²) in [6, 6.07) is 8.25. The minimum atomic E-state index is 0.178. The molecule has 0 aromatic heterocycles. The smallest absolute Gasteiger partial charge is 0.224 e.